The van der Waals surface area contributed by atoms with E-state index in [0.29, 0.717) is 24.5 Å². The number of aromatic nitrogens is 4. The van der Waals surface area contributed by atoms with Crippen molar-refractivity contribution >= 4 is 45.7 Å². The van der Waals surface area contributed by atoms with Gasteiger partial charge in [-0.3, -0.25) is 19.2 Å². The van der Waals surface area contributed by atoms with Gasteiger partial charge in [-0.05, 0) is 72.9 Å². The predicted molar refractivity (Wildman–Crippen MR) is 232 cm³/mol. The van der Waals surface area contributed by atoms with Gasteiger partial charge in [0.15, 0.2) is 0 Å². The third kappa shape index (κ3) is 11.9. The minimum atomic E-state index is -1.07. The molecule has 2 aromatic heterocycles. The number of aliphatic hydroxyl groups is 1. The van der Waals surface area contributed by atoms with Gasteiger partial charge in [0.25, 0.3) is 0 Å². The van der Waals surface area contributed by atoms with E-state index in [0.717, 1.165) is 33.2 Å². The molecule has 0 spiro atoms. The zero-order valence-electron chi connectivity index (χ0n) is 34.7. The number of fused-ring (bicyclic) bond motifs is 2. The highest BCUT2D eigenvalue weighted by Gasteiger charge is 2.33. The van der Waals surface area contributed by atoms with Gasteiger partial charge in [-0.1, -0.05) is 113 Å². The molecule has 4 amide bonds. The normalized spacial score (nSPS) is 13.6. The lowest BCUT2D eigenvalue weighted by Crippen LogP contribution is -2.52. The number of nitrogens with one attached hydrogen (secondary N) is 6. The van der Waals surface area contributed by atoms with Gasteiger partial charge in [0.05, 0.1) is 41.3 Å². The summed E-state index contributed by atoms with van der Waals surface area (Å²) in [6.07, 6.45) is -0.369. The molecule has 6 aromatic rings. The molecule has 7 N–H and O–H groups in total. The standard InChI is InChI=1S/C47H56N8O5/c1-29(2)42(46(59)48-27-40-50-36-19-11-12-20-37(36)51-40)54-44(57)33(23-31-15-7-5-8-16-31)25-35(56)26-34(24-32-17-9-6-10-18-32)45(58)55-43(30(3)4)47(60)49-28-41-52-38-21-13-14-22-39(38)53-41/h5-22,29-30,33-35,42-43,56H,23-28H2,1-4H3,(H,48,59)(H,49,60)(H,50,51)(H,52,53)(H,54,57)(H,55,58)/t33-,34-,42+,43+/m1/s1. The van der Waals surface area contributed by atoms with E-state index in [2.05, 4.69) is 41.2 Å². The average molecular weight is 813 g/mol. The molecule has 60 heavy (non-hydrogen) atoms. The number of benzene rings is 4. The lowest BCUT2D eigenvalue weighted by Gasteiger charge is -2.28. The molecular weight excluding hydrogens is 757 g/mol. The van der Waals surface area contributed by atoms with Crippen molar-refractivity contribution in [1.29, 1.82) is 0 Å². The van der Waals surface area contributed by atoms with Crippen LogP contribution in [0, 0.1) is 23.7 Å². The number of nitrogens with zero attached hydrogens (tertiary/aromatic N) is 2. The summed E-state index contributed by atoms with van der Waals surface area (Å²) in [5.41, 5.74) is 5.10. The Balaban J connectivity index is 1.13. The quantitative estimate of drug-likeness (QED) is 0.0528. The largest absolute Gasteiger partial charge is 0.393 e. The Bertz CT molecular complexity index is 2110. The van der Waals surface area contributed by atoms with E-state index >= 15 is 0 Å². The van der Waals surface area contributed by atoms with Gasteiger partial charge >= 0.3 is 0 Å². The number of carbonyl (C=O) groups is 4. The molecule has 0 aliphatic carbocycles. The first-order chi connectivity index (χ1) is 28.9. The Morgan fingerprint density at radius 1 is 0.533 bits per heavy atom. The highest BCUT2D eigenvalue weighted by Crippen LogP contribution is 2.23. The number of rotatable bonds is 20. The predicted octanol–water partition coefficient (Wildman–Crippen LogP) is 5.51. The Morgan fingerprint density at radius 3 is 1.27 bits per heavy atom. The van der Waals surface area contributed by atoms with Crippen LogP contribution in [0.3, 0.4) is 0 Å². The van der Waals surface area contributed by atoms with Crippen LogP contribution in [0.4, 0.5) is 0 Å². The van der Waals surface area contributed by atoms with Crippen molar-refractivity contribution in [3.05, 3.63) is 132 Å². The van der Waals surface area contributed by atoms with Crippen LogP contribution in [-0.4, -0.2) is 66.9 Å². The summed E-state index contributed by atoms with van der Waals surface area (Å²) in [5, 5.41) is 23.5. The SMILES string of the molecule is CC(C)[C@H](NC(=O)[C@H](Cc1ccccc1)CC(O)C[C@@H](Cc1ccccc1)C(=O)N[C@H](C(=O)NCc1nc2ccccc2[nH]1)C(C)C)C(=O)NCc1nc2ccccc2[nH]1. The van der Waals surface area contributed by atoms with E-state index in [1.807, 2.05) is 137 Å². The second kappa shape index (κ2) is 20.6. The number of aliphatic hydroxyl groups excluding tert-OH is 1. The van der Waals surface area contributed by atoms with Crippen molar-refractivity contribution in [1.82, 2.24) is 41.2 Å². The first kappa shape index (κ1) is 43.2. The second-order valence-corrected chi connectivity index (χ2v) is 16.2. The van der Waals surface area contributed by atoms with Gasteiger partial charge < -0.3 is 36.3 Å². The highest BCUT2D eigenvalue weighted by molar-refractivity contribution is 5.90. The maximum Gasteiger partial charge on any atom is 0.243 e. The zero-order valence-corrected chi connectivity index (χ0v) is 34.7. The fourth-order valence-corrected chi connectivity index (χ4v) is 7.47. The highest BCUT2D eigenvalue weighted by atomic mass is 16.3. The van der Waals surface area contributed by atoms with Gasteiger partial charge in [-0.2, -0.15) is 0 Å². The number of aromatic amines is 2. The second-order valence-electron chi connectivity index (χ2n) is 16.2. The summed E-state index contributed by atoms with van der Waals surface area (Å²) < 4.78 is 0. The van der Waals surface area contributed by atoms with Crippen molar-refractivity contribution in [3.8, 4) is 0 Å². The van der Waals surface area contributed by atoms with Crippen molar-refractivity contribution in [2.75, 3.05) is 0 Å². The molecule has 0 radical (unpaired) electrons. The smallest absolute Gasteiger partial charge is 0.243 e. The molecule has 314 valence electrons. The van der Waals surface area contributed by atoms with Gasteiger partial charge in [0.1, 0.15) is 23.7 Å². The van der Waals surface area contributed by atoms with Crippen LogP contribution in [0.5, 0.6) is 0 Å². The number of amides is 4. The van der Waals surface area contributed by atoms with Gasteiger partial charge in [0, 0.05) is 11.8 Å². The third-order valence-corrected chi connectivity index (χ3v) is 10.7. The van der Waals surface area contributed by atoms with E-state index in [4.69, 9.17) is 0 Å². The molecule has 4 atom stereocenters. The molecule has 0 saturated carbocycles. The summed E-state index contributed by atoms with van der Waals surface area (Å²) in [4.78, 5) is 70.9. The van der Waals surface area contributed by atoms with Crippen molar-refractivity contribution in [2.24, 2.45) is 23.7 Å². The maximum atomic E-state index is 14.2. The summed E-state index contributed by atoms with van der Waals surface area (Å²) in [7, 11) is 0. The summed E-state index contributed by atoms with van der Waals surface area (Å²) in [5.74, 6) is -2.18. The number of H-pyrrole nitrogens is 2. The molecule has 0 aliphatic rings. The molecule has 0 unspecified atom stereocenters. The van der Waals surface area contributed by atoms with Crippen LogP contribution in [0.25, 0.3) is 22.1 Å². The number of hydrogen-bond acceptors (Lipinski definition) is 7. The van der Waals surface area contributed by atoms with E-state index in [9.17, 15) is 24.3 Å². The molecule has 6 rings (SSSR count). The van der Waals surface area contributed by atoms with Crippen LogP contribution in [0.2, 0.25) is 0 Å². The van der Waals surface area contributed by atoms with E-state index in [-0.39, 0.29) is 61.4 Å². The third-order valence-electron chi connectivity index (χ3n) is 10.7. The molecular formula is C47H56N8O5. The number of imidazole rings is 2. The van der Waals surface area contributed by atoms with E-state index in [1.54, 1.807) is 0 Å². The monoisotopic (exact) mass is 812 g/mol. The van der Waals surface area contributed by atoms with E-state index in [1.165, 1.54) is 0 Å². The van der Waals surface area contributed by atoms with Crippen molar-refractivity contribution in [3.63, 3.8) is 0 Å². The van der Waals surface area contributed by atoms with Gasteiger partial charge in [-0.15, -0.1) is 0 Å². The van der Waals surface area contributed by atoms with Crippen molar-refractivity contribution < 1.29 is 24.3 Å². The summed E-state index contributed by atoms with van der Waals surface area (Å²) >= 11 is 0. The Hall–Kier alpha value is -6.34. The first-order valence-electron chi connectivity index (χ1n) is 20.7. The molecule has 0 fully saturated rings. The Labute approximate surface area is 350 Å². The lowest BCUT2D eigenvalue weighted by atomic mass is 9.86. The fourth-order valence-electron chi connectivity index (χ4n) is 7.47. The van der Waals surface area contributed by atoms with Crippen LogP contribution in [0.1, 0.15) is 63.3 Å². The van der Waals surface area contributed by atoms with Crippen LogP contribution < -0.4 is 21.3 Å². The molecule has 0 aliphatic heterocycles. The molecule has 2 heterocycles. The molecule has 4 aromatic carbocycles. The average Bonchev–Trinajstić information content (AvgIpc) is 3.87. The maximum absolute atomic E-state index is 14.2. The van der Waals surface area contributed by atoms with Crippen LogP contribution >= 0.6 is 0 Å². The topological polar surface area (TPSA) is 194 Å². The van der Waals surface area contributed by atoms with Gasteiger partial charge in [-0.25, -0.2) is 9.97 Å². The Kier molecular flexibility index (Phi) is 14.8. The number of para-hydroxylation sites is 4. The van der Waals surface area contributed by atoms with E-state index < -0.39 is 30.0 Å². The minimum Gasteiger partial charge on any atom is -0.393 e. The molecule has 0 saturated heterocycles. The number of carbonyl (C=O) groups excluding carboxylic acids is 4. The Morgan fingerprint density at radius 2 is 0.900 bits per heavy atom. The summed E-state index contributed by atoms with van der Waals surface area (Å²) in [6, 6.07) is 32.5. The van der Waals surface area contributed by atoms with Crippen LogP contribution in [0.15, 0.2) is 109 Å². The van der Waals surface area contributed by atoms with Gasteiger partial charge in [0.2, 0.25) is 23.6 Å². The lowest BCUT2D eigenvalue weighted by molar-refractivity contribution is -0.133. The fraction of sp³-hybridized carbons (Fsp3) is 0.362. The summed E-state index contributed by atoms with van der Waals surface area (Å²) in [6.45, 7) is 7.77. The van der Waals surface area contributed by atoms with Crippen LogP contribution in [-0.2, 0) is 45.1 Å². The molecule has 13 heteroatoms. The first-order valence-corrected chi connectivity index (χ1v) is 20.7. The molecule has 13 nitrogen and oxygen atoms in total. The van der Waals surface area contributed by atoms with Crippen molar-refractivity contribution in [2.45, 2.75) is 84.7 Å². The zero-order chi connectivity index (χ0) is 42.6. The molecule has 0 bridgehead atoms. The minimum absolute atomic E-state index is 0.0380. The number of hydrogen-bond donors (Lipinski definition) is 7.